The molecule has 0 atom stereocenters. The molecule has 0 N–H and O–H groups in total. The first kappa shape index (κ1) is 18.7. The number of nitrogens with zero attached hydrogens (tertiary/aromatic N) is 4. The Bertz CT molecular complexity index is 1020. The Morgan fingerprint density at radius 2 is 1.61 bits per heavy atom. The molecule has 0 bridgehead atoms. The van der Waals surface area contributed by atoms with Crippen LogP contribution in [0.3, 0.4) is 0 Å². The number of aromatic nitrogens is 1. The standard InChI is InChI=1S/C17H16N4O5S2/c22-14-5-6-15(23)21(14)12-1-3-13(4-2-12)28(25,26)19-8-9-20(16(24)11-19)17-18-7-10-27-17/h1-4,7,10H,5-6,8-9,11H2. The van der Waals surface area contributed by atoms with Gasteiger partial charge in [0, 0.05) is 37.5 Å². The summed E-state index contributed by atoms with van der Waals surface area (Å²) in [6, 6.07) is 5.56. The van der Waals surface area contributed by atoms with E-state index in [1.807, 2.05) is 0 Å². The first-order chi connectivity index (χ1) is 13.4. The van der Waals surface area contributed by atoms with Gasteiger partial charge in [-0.25, -0.2) is 13.4 Å². The molecule has 0 radical (unpaired) electrons. The van der Waals surface area contributed by atoms with Gasteiger partial charge in [-0.3, -0.25) is 24.2 Å². The van der Waals surface area contributed by atoms with Crippen molar-refractivity contribution < 1.29 is 22.8 Å². The van der Waals surface area contributed by atoms with Crippen molar-refractivity contribution >= 4 is 49.9 Å². The van der Waals surface area contributed by atoms with Crippen LogP contribution in [-0.4, -0.2) is 55.1 Å². The third kappa shape index (κ3) is 3.21. The number of amides is 3. The number of sulfonamides is 1. The highest BCUT2D eigenvalue weighted by Gasteiger charge is 2.35. The zero-order valence-corrected chi connectivity index (χ0v) is 16.3. The second-order valence-corrected chi connectivity index (χ2v) is 9.13. The minimum atomic E-state index is -3.87. The molecule has 0 saturated carbocycles. The monoisotopic (exact) mass is 420 g/mol. The van der Waals surface area contributed by atoms with Gasteiger partial charge in [-0.1, -0.05) is 0 Å². The summed E-state index contributed by atoms with van der Waals surface area (Å²) in [4.78, 5) is 42.6. The second kappa shape index (κ2) is 7.08. The van der Waals surface area contributed by atoms with Gasteiger partial charge in [0.2, 0.25) is 27.7 Å². The fraction of sp³-hybridized carbons (Fsp3) is 0.294. The lowest BCUT2D eigenvalue weighted by Gasteiger charge is -2.32. The number of benzene rings is 1. The number of hydrogen-bond acceptors (Lipinski definition) is 7. The second-order valence-electron chi connectivity index (χ2n) is 6.32. The van der Waals surface area contributed by atoms with Crippen LogP contribution in [0.15, 0.2) is 40.7 Å². The van der Waals surface area contributed by atoms with Crippen LogP contribution >= 0.6 is 11.3 Å². The van der Waals surface area contributed by atoms with E-state index in [1.54, 1.807) is 11.6 Å². The summed E-state index contributed by atoms with van der Waals surface area (Å²) in [5.74, 6) is -0.941. The quantitative estimate of drug-likeness (QED) is 0.678. The molecule has 146 valence electrons. The molecule has 0 unspecified atom stereocenters. The van der Waals surface area contributed by atoms with Crippen molar-refractivity contribution in [1.29, 1.82) is 0 Å². The molecule has 2 aliphatic heterocycles. The van der Waals surface area contributed by atoms with Gasteiger partial charge in [-0.05, 0) is 24.3 Å². The Hall–Kier alpha value is -2.63. The summed E-state index contributed by atoms with van der Waals surface area (Å²) in [6.45, 7) is 0.103. The summed E-state index contributed by atoms with van der Waals surface area (Å²) < 4.78 is 26.9. The average Bonchev–Trinajstić information content (AvgIpc) is 3.32. The van der Waals surface area contributed by atoms with Crippen molar-refractivity contribution in [2.24, 2.45) is 0 Å². The minimum absolute atomic E-state index is 0.00541. The van der Waals surface area contributed by atoms with Crippen molar-refractivity contribution in [1.82, 2.24) is 9.29 Å². The summed E-state index contributed by atoms with van der Waals surface area (Å²) in [6.07, 6.45) is 1.91. The molecule has 4 rings (SSSR count). The Balaban J connectivity index is 1.52. The van der Waals surface area contributed by atoms with Gasteiger partial charge in [0.05, 0.1) is 17.1 Å². The maximum atomic E-state index is 12.9. The number of carbonyl (C=O) groups is 3. The molecule has 1 aromatic carbocycles. The van der Waals surface area contributed by atoms with Gasteiger partial charge < -0.3 is 0 Å². The van der Waals surface area contributed by atoms with Crippen LogP contribution in [0, 0.1) is 0 Å². The van der Waals surface area contributed by atoms with Crippen LogP contribution in [0.25, 0.3) is 0 Å². The van der Waals surface area contributed by atoms with Crippen LogP contribution in [0.1, 0.15) is 12.8 Å². The molecule has 0 aliphatic carbocycles. The fourth-order valence-electron chi connectivity index (χ4n) is 3.19. The number of anilines is 2. The molecule has 2 saturated heterocycles. The number of hydrogen-bond donors (Lipinski definition) is 0. The van der Waals surface area contributed by atoms with E-state index >= 15 is 0 Å². The number of piperazine rings is 1. The van der Waals surface area contributed by atoms with Crippen LogP contribution < -0.4 is 9.80 Å². The molecular formula is C17H16N4O5S2. The van der Waals surface area contributed by atoms with Gasteiger partial charge in [-0.15, -0.1) is 11.3 Å². The fourth-order valence-corrected chi connectivity index (χ4v) is 5.26. The maximum Gasteiger partial charge on any atom is 0.244 e. The molecule has 3 amide bonds. The Morgan fingerprint density at radius 3 is 2.18 bits per heavy atom. The normalized spacial score (nSPS) is 18.9. The van der Waals surface area contributed by atoms with E-state index < -0.39 is 10.0 Å². The number of thiazole rings is 1. The number of rotatable bonds is 4. The molecule has 0 spiro atoms. The molecule has 9 nitrogen and oxygen atoms in total. The van der Waals surface area contributed by atoms with Crippen LogP contribution in [-0.2, 0) is 24.4 Å². The molecule has 11 heteroatoms. The highest BCUT2D eigenvalue weighted by molar-refractivity contribution is 7.89. The van der Waals surface area contributed by atoms with Crippen LogP contribution in [0.4, 0.5) is 10.8 Å². The van der Waals surface area contributed by atoms with Gasteiger partial charge >= 0.3 is 0 Å². The Labute approximate surface area is 165 Å². The topological polar surface area (TPSA) is 108 Å². The smallest absolute Gasteiger partial charge is 0.244 e. The molecule has 2 aromatic rings. The largest absolute Gasteiger partial charge is 0.286 e. The molecular weight excluding hydrogens is 404 g/mol. The first-order valence-corrected chi connectivity index (χ1v) is 10.9. The predicted molar refractivity (Wildman–Crippen MR) is 101 cm³/mol. The zero-order valence-electron chi connectivity index (χ0n) is 14.6. The third-order valence-electron chi connectivity index (χ3n) is 4.62. The van der Waals surface area contributed by atoms with Gasteiger partial charge in [0.1, 0.15) is 0 Å². The lowest BCUT2D eigenvalue weighted by atomic mass is 10.3. The van der Waals surface area contributed by atoms with Gasteiger partial charge in [0.15, 0.2) is 5.13 Å². The molecule has 3 heterocycles. The van der Waals surface area contributed by atoms with E-state index in [1.165, 1.54) is 40.5 Å². The maximum absolute atomic E-state index is 12.9. The summed E-state index contributed by atoms with van der Waals surface area (Å²) in [5.41, 5.74) is 0.344. The zero-order chi connectivity index (χ0) is 19.9. The molecule has 2 aliphatic rings. The number of imide groups is 1. The van der Waals surface area contributed by atoms with Crippen molar-refractivity contribution in [2.75, 3.05) is 29.4 Å². The van der Waals surface area contributed by atoms with E-state index in [4.69, 9.17) is 0 Å². The highest BCUT2D eigenvalue weighted by atomic mass is 32.2. The van der Waals surface area contributed by atoms with Crippen molar-refractivity contribution in [2.45, 2.75) is 17.7 Å². The van der Waals surface area contributed by atoms with E-state index in [0.29, 0.717) is 10.8 Å². The lowest BCUT2D eigenvalue weighted by molar-refractivity contribution is -0.121. The molecule has 1 aromatic heterocycles. The predicted octanol–water partition coefficient (Wildman–Crippen LogP) is 0.834. The summed E-state index contributed by atoms with van der Waals surface area (Å²) >= 11 is 1.32. The number of carbonyl (C=O) groups excluding carboxylic acids is 3. The third-order valence-corrected chi connectivity index (χ3v) is 7.27. The molecule has 2 fully saturated rings. The summed E-state index contributed by atoms with van der Waals surface area (Å²) in [7, 11) is -3.87. The first-order valence-electron chi connectivity index (χ1n) is 8.54. The average molecular weight is 420 g/mol. The van der Waals surface area contributed by atoms with Crippen molar-refractivity contribution in [3.63, 3.8) is 0 Å². The Morgan fingerprint density at radius 1 is 0.929 bits per heavy atom. The lowest BCUT2D eigenvalue weighted by Crippen LogP contribution is -2.52. The Kier molecular flexibility index (Phi) is 4.73. The SMILES string of the molecule is O=C1CN(S(=O)(=O)c2ccc(N3C(=O)CCC3=O)cc2)CCN1c1nccs1. The van der Waals surface area contributed by atoms with E-state index in [9.17, 15) is 22.8 Å². The minimum Gasteiger partial charge on any atom is -0.286 e. The summed E-state index contributed by atoms with van der Waals surface area (Å²) in [5, 5.41) is 2.30. The highest BCUT2D eigenvalue weighted by Crippen LogP contribution is 2.27. The van der Waals surface area contributed by atoms with Gasteiger partial charge in [0.25, 0.3) is 0 Å². The molecule has 28 heavy (non-hydrogen) atoms. The van der Waals surface area contributed by atoms with Crippen molar-refractivity contribution in [3.05, 3.63) is 35.8 Å². The van der Waals surface area contributed by atoms with E-state index in [-0.39, 0.29) is 55.1 Å². The van der Waals surface area contributed by atoms with Crippen LogP contribution in [0.5, 0.6) is 0 Å². The van der Waals surface area contributed by atoms with E-state index in [2.05, 4.69) is 4.98 Å². The van der Waals surface area contributed by atoms with Gasteiger partial charge in [-0.2, -0.15) is 4.31 Å². The van der Waals surface area contributed by atoms with Crippen LogP contribution in [0.2, 0.25) is 0 Å². The van der Waals surface area contributed by atoms with E-state index in [0.717, 1.165) is 9.21 Å². The van der Waals surface area contributed by atoms with Crippen molar-refractivity contribution in [3.8, 4) is 0 Å².